The van der Waals surface area contributed by atoms with Gasteiger partial charge in [-0.15, -0.1) is 0 Å². The van der Waals surface area contributed by atoms with E-state index in [1.165, 1.54) is 22.9 Å². The van der Waals surface area contributed by atoms with E-state index in [9.17, 15) is 4.79 Å². The Kier molecular flexibility index (Phi) is 7.17. The minimum absolute atomic E-state index is 0.0230. The number of hydrogen-bond acceptors (Lipinski definition) is 5. The molecule has 1 aliphatic rings. The van der Waals surface area contributed by atoms with Gasteiger partial charge in [0, 0.05) is 38.6 Å². The number of aryl methyl sites for hydroxylation is 1. The molecular weight excluding hydrogens is 418 g/mol. The Hall–Kier alpha value is -2.77. The van der Waals surface area contributed by atoms with Crippen molar-refractivity contribution < 1.29 is 4.79 Å². The predicted octanol–water partition coefficient (Wildman–Crippen LogP) is 4.36. The summed E-state index contributed by atoms with van der Waals surface area (Å²) in [5.74, 6) is 0.282. The number of carbonyl (C=O) groups excluding carboxylic acids is 1. The summed E-state index contributed by atoms with van der Waals surface area (Å²) < 4.78 is 2.06. The van der Waals surface area contributed by atoms with E-state index in [-0.39, 0.29) is 5.91 Å². The van der Waals surface area contributed by atoms with Crippen LogP contribution in [0.2, 0.25) is 0 Å². The zero-order chi connectivity index (χ0) is 22.5. The van der Waals surface area contributed by atoms with Crippen molar-refractivity contribution in [3.63, 3.8) is 0 Å². The molecule has 4 rings (SSSR count). The normalized spacial score (nSPS) is 14.5. The van der Waals surface area contributed by atoms with Crippen LogP contribution in [0.15, 0.2) is 60.0 Å². The molecule has 2 aromatic carbocycles. The first kappa shape index (κ1) is 22.4. The zero-order valence-electron chi connectivity index (χ0n) is 19.0. The molecule has 0 radical (unpaired) electrons. The first-order valence-electron chi connectivity index (χ1n) is 11.2. The minimum Gasteiger partial charge on any atom is -0.367 e. The van der Waals surface area contributed by atoms with Gasteiger partial charge in [-0.25, -0.2) is 4.98 Å². The second kappa shape index (κ2) is 10.2. The number of para-hydroxylation sites is 2. The van der Waals surface area contributed by atoms with Crippen molar-refractivity contribution in [1.82, 2.24) is 14.5 Å². The average Bonchev–Trinajstić information content (AvgIpc) is 3.28. The second-order valence-corrected chi connectivity index (χ2v) is 9.02. The lowest BCUT2D eigenvalue weighted by molar-refractivity contribution is -0.113. The summed E-state index contributed by atoms with van der Waals surface area (Å²) in [4.78, 5) is 22.1. The first-order chi connectivity index (χ1) is 15.6. The summed E-state index contributed by atoms with van der Waals surface area (Å²) in [6.07, 6.45) is 3.74. The molecule has 0 aliphatic carbocycles. The van der Waals surface area contributed by atoms with Crippen molar-refractivity contribution >= 4 is 29.0 Å². The predicted molar refractivity (Wildman–Crippen MR) is 133 cm³/mol. The molecule has 0 atom stereocenters. The summed E-state index contributed by atoms with van der Waals surface area (Å²) in [6.45, 7) is 11.6. The second-order valence-electron chi connectivity index (χ2n) is 8.07. The lowest BCUT2D eigenvalue weighted by Gasteiger charge is -2.36. The number of aromatic nitrogens is 2. The molecule has 0 saturated carbocycles. The van der Waals surface area contributed by atoms with Crippen LogP contribution >= 0.6 is 11.8 Å². The lowest BCUT2D eigenvalue weighted by Crippen LogP contribution is -2.46. The molecule has 1 aromatic heterocycles. The Bertz CT molecular complexity index is 1070. The molecule has 7 heteroatoms. The number of carbonyl (C=O) groups is 1. The highest BCUT2D eigenvalue weighted by Crippen LogP contribution is 2.28. The minimum atomic E-state index is -0.0230. The van der Waals surface area contributed by atoms with Gasteiger partial charge in [0.1, 0.15) is 0 Å². The third kappa shape index (κ3) is 5.00. The summed E-state index contributed by atoms with van der Waals surface area (Å²) in [7, 11) is 0. The summed E-state index contributed by atoms with van der Waals surface area (Å²) >= 11 is 1.45. The molecule has 2 heterocycles. The van der Waals surface area contributed by atoms with Gasteiger partial charge in [-0.05, 0) is 49.7 Å². The van der Waals surface area contributed by atoms with Crippen LogP contribution in [0.25, 0.3) is 5.69 Å². The highest BCUT2D eigenvalue weighted by molar-refractivity contribution is 7.99. The number of hydrogen-bond donors (Lipinski definition) is 1. The van der Waals surface area contributed by atoms with E-state index in [4.69, 9.17) is 0 Å². The summed E-state index contributed by atoms with van der Waals surface area (Å²) in [5.41, 5.74) is 5.52. The highest BCUT2D eigenvalue weighted by Gasteiger charge is 2.19. The number of nitrogens with zero attached hydrogens (tertiary/aromatic N) is 4. The number of nitrogens with one attached hydrogen (secondary N) is 1. The van der Waals surface area contributed by atoms with Crippen molar-refractivity contribution in [3.8, 4) is 5.69 Å². The molecule has 1 amide bonds. The van der Waals surface area contributed by atoms with Gasteiger partial charge < -0.3 is 15.1 Å². The molecule has 1 aliphatic heterocycles. The van der Waals surface area contributed by atoms with Crippen molar-refractivity contribution in [2.24, 2.45) is 0 Å². The Balaban J connectivity index is 1.41. The van der Waals surface area contributed by atoms with Crippen LogP contribution < -0.4 is 10.2 Å². The molecule has 32 heavy (non-hydrogen) atoms. The molecule has 0 spiro atoms. The maximum absolute atomic E-state index is 12.8. The Morgan fingerprint density at radius 1 is 1.03 bits per heavy atom. The number of imidazole rings is 1. The smallest absolute Gasteiger partial charge is 0.234 e. The van der Waals surface area contributed by atoms with Gasteiger partial charge in [0.25, 0.3) is 0 Å². The molecule has 1 fully saturated rings. The monoisotopic (exact) mass is 449 g/mol. The van der Waals surface area contributed by atoms with Gasteiger partial charge >= 0.3 is 0 Å². The van der Waals surface area contributed by atoms with Gasteiger partial charge in [0.2, 0.25) is 5.91 Å². The van der Waals surface area contributed by atoms with E-state index >= 15 is 0 Å². The van der Waals surface area contributed by atoms with Crippen molar-refractivity contribution in [1.29, 1.82) is 0 Å². The van der Waals surface area contributed by atoms with Crippen molar-refractivity contribution in [3.05, 3.63) is 66.0 Å². The standard InChI is InChI=1S/C25H31N5OS/c1-4-28-14-16-29(17-15-28)23-10-6-5-9-21(23)27-24(31)18-32-25-26-12-13-30(25)22-11-7-8-19(2)20(22)3/h5-13H,4,14-18H2,1-3H3,(H,27,31). The van der Waals surface area contributed by atoms with Gasteiger partial charge in [-0.2, -0.15) is 0 Å². The Morgan fingerprint density at radius 3 is 2.56 bits per heavy atom. The van der Waals surface area contributed by atoms with E-state index < -0.39 is 0 Å². The first-order valence-corrected chi connectivity index (χ1v) is 12.1. The fourth-order valence-electron chi connectivity index (χ4n) is 4.05. The van der Waals surface area contributed by atoms with Gasteiger partial charge in [0.05, 0.1) is 22.8 Å². The molecular formula is C25H31N5OS. The zero-order valence-corrected chi connectivity index (χ0v) is 19.9. The van der Waals surface area contributed by atoms with Crippen LogP contribution in [-0.4, -0.2) is 58.8 Å². The number of anilines is 2. The van der Waals surface area contributed by atoms with E-state index in [1.54, 1.807) is 6.20 Å². The Labute approximate surface area is 194 Å². The van der Waals surface area contributed by atoms with Crippen LogP contribution in [0.4, 0.5) is 11.4 Å². The van der Waals surface area contributed by atoms with Crippen LogP contribution in [0.3, 0.4) is 0 Å². The summed E-state index contributed by atoms with van der Waals surface area (Å²) in [5, 5.41) is 3.94. The fourth-order valence-corrected chi connectivity index (χ4v) is 4.82. The number of rotatable bonds is 7. The molecule has 0 bridgehead atoms. The number of amides is 1. The molecule has 3 aromatic rings. The highest BCUT2D eigenvalue weighted by atomic mass is 32.2. The SMILES string of the molecule is CCN1CCN(c2ccccc2NC(=O)CSc2nccn2-c2cccc(C)c2C)CC1. The van der Waals surface area contributed by atoms with Crippen LogP contribution in [0.1, 0.15) is 18.1 Å². The van der Waals surface area contributed by atoms with Crippen LogP contribution in [-0.2, 0) is 4.79 Å². The van der Waals surface area contributed by atoms with Crippen molar-refractivity contribution in [2.45, 2.75) is 25.9 Å². The molecule has 168 valence electrons. The van der Waals surface area contributed by atoms with Gasteiger partial charge in [0.15, 0.2) is 5.16 Å². The number of thioether (sulfide) groups is 1. The maximum Gasteiger partial charge on any atom is 0.234 e. The van der Waals surface area contributed by atoms with Gasteiger partial charge in [-0.3, -0.25) is 9.36 Å². The maximum atomic E-state index is 12.8. The summed E-state index contributed by atoms with van der Waals surface area (Å²) in [6, 6.07) is 14.3. The van der Waals surface area contributed by atoms with E-state index in [2.05, 4.69) is 69.7 Å². The van der Waals surface area contributed by atoms with Crippen molar-refractivity contribution in [2.75, 3.05) is 48.7 Å². The van der Waals surface area contributed by atoms with Crippen LogP contribution in [0.5, 0.6) is 0 Å². The third-order valence-corrected chi connectivity index (χ3v) is 7.08. The Morgan fingerprint density at radius 2 is 1.78 bits per heavy atom. The number of likely N-dealkylation sites (N-methyl/N-ethyl adjacent to an activating group) is 1. The average molecular weight is 450 g/mol. The van der Waals surface area contributed by atoms with E-state index in [0.717, 1.165) is 54.9 Å². The molecule has 1 saturated heterocycles. The number of piperazine rings is 1. The lowest BCUT2D eigenvalue weighted by atomic mass is 10.1. The third-order valence-electron chi connectivity index (χ3n) is 6.11. The molecule has 6 nitrogen and oxygen atoms in total. The van der Waals surface area contributed by atoms with Gasteiger partial charge in [-0.1, -0.05) is 43.0 Å². The van der Waals surface area contributed by atoms with Crippen LogP contribution in [0, 0.1) is 13.8 Å². The van der Waals surface area contributed by atoms with E-state index in [0.29, 0.717) is 5.75 Å². The topological polar surface area (TPSA) is 53.4 Å². The fraction of sp³-hybridized carbons (Fsp3) is 0.360. The largest absolute Gasteiger partial charge is 0.367 e. The van der Waals surface area contributed by atoms with E-state index in [1.807, 2.05) is 24.4 Å². The molecule has 0 unspecified atom stereocenters. The quantitative estimate of drug-likeness (QED) is 0.543. The molecule has 1 N–H and O–H groups in total. The number of benzene rings is 2.